The standard InChI is InChI=1S/C12H19F3N4/c1-4-7-19(6-3)10-8-9(12(13,14)15)17-11(18-10)16-5-2/h8H,4-7H2,1-3H3,(H,16,17,18). The monoisotopic (exact) mass is 276 g/mol. The zero-order valence-corrected chi connectivity index (χ0v) is 11.4. The average molecular weight is 276 g/mol. The molecule has 1 rings (SSSR count). The summed E-state index contributed by atoms with van der Waals surface area (Å²) in [7, 11) is 0. The Labute approximate surface area is 111 Å². The molecule has 0 spiro atoms. The third kappa shape index (κ3) is 4.25. The molecule has 7 heteroatoms. The van der Waals surface area contributed by atoms with E-state index in [1.54, 1.807) is 11.8 Å². The molecular formula is C12H19F3N4. The lowest BCUT2D eigenvalue weighted by Crippen LogP contribution is -2.26. The molecule has 0 saturated carbocycles. The molecule has 19 heavy (non-hydrogen) atoms. The van der Waals surface area contributed by atoms with Gasteiger partial charge >= 0.3 is 6.18 Å². The minimum absolute atomic E-state index is 0.0156. The highest BCUT2D eigenvalue weighted by molar-refractivity contribution is 5.45. The zero-order chi connectivity index (χ0) is 14.5. The van der Waals surface area contributed by atoms with Crippen molar-refractivity contribution in [3.63, 3.8) is 0 Å². The third-order valence-electron chi connectivity index (χ3n) is 2.54. The largest absolute Gasteiger partial charge is 0.433 e. The number of anilines is 2. The van der Waals surface area contributed by atoms with Crippen molar-refractivity contribution < 1.29 is 13.2 Å². The van der Waals surface area contributed by atoms with Gasteiger partial charge in [-0.25, -0.2) is 4.98 Å². The summed E-state index contributed by atoms with van der Waals surface area (Å²) in [5.74, 6) is 0.324. The fraction of sp³-hybridized carbons (Fsp3) is 0.667. The van der Waals surface area contributed by atoms with Gasteiger partial charge in [-0.05, 0) is 20.3 Å². The Morgan fingerprint density at radius 2 is 1.89 bits per heavy atom. The van der Waals surface area contributed by atoms with E-state index in [9.17, 15) is 13.2 Å². The summed E-state index contributed by atoms with van der Waals surface area (Å²) < 4.78 is 38.4. The van der Waals surface area contributed by atoms with Crippen LogP contribution in [0.4, 0.5) is 24.9 Å². The van der Waals surface area contributed by atoms with Crippen LogP contribution in [0.15, 0.2) is 6.07 Å². The van der Waals surface area contributed by atoms with Gasteiger partial charge in [0.05, 0.1) is 0 Å². The molecule has 0 radical (unpaired) electrons. The van der Waals surface area contributed by atoms with Gasteiger partial charge in [0.1, 0.15) is 5.82 Å². The molecule has 0 bridgehead atoms. The van der Waals surface area contributed by atoms with Crippen LogP contribution in [-0.4, -0.2) is 29.6 Å². The number of halogens is 3. The van der Waals surface area contributed by atoms with E-state index < -0.39 is 11.9 Å². The van der Waals surface area contributed by atoms with Gasteiger partial charge in [0.2, 0.25) is 5.95 Å². The van der Waals surface area contributed by atoms with Gasteiger partial charge in [-0.1, -0.05) is 6.92 Å². The molecule has 0 aromatic carbocycles. The van der Waals surface area contributed by atoms with Crippen LogP contribution in [0.2, 0.25) is 0 Å². The van der Waals surface area contributed by atoms with Gasteiger partial charge in [0.25, 0.3) is 0 Å². The van der Waals surface area contributed by atoms with Crippen molar-refractivity contribution in [1.29, 1.82) is 0 Å². The summed E-state index contributed by atoms with van der Waals surface area (Å²) in [6.07, 6.45) is -3.62. The first kappa shape index (κ1) is 15.5. The van der Waals surface area contributed by atoms with Crippen LogP contribution in [-0.2, 0) is 6.18 Å². The normalized spacial score (nSPS) is 11.5. The first-order chi connectivity index (χ1) is 8.92. The lowest BCUT2D eigenvalue weighted by atomic mass is 10.3. The van der Waals surface area contributed by atoms with E-state index >= 15 is 0 Å². The van der Waals surface area contributed by atoms with Gasteiger partial charge in [-0.3, -0.25) is 0 Å². The van der Waals surface area contributed by atoms with Crippen LogP contribution in [0.3, 0.4) is 0 Å². The molecule has 1 heterocycles. The Bertz CT molecular complexity index is 406. The van der Waals surface area contributed by atoms with Crippen molar-refractivity contribution in [1.82, 2.24) is 9.97 Å². The Morgan fingerprint density at radius 1 is 1.21 bits per heavy atom. The summed E-state index contributed by atoms with van der Waals surface area (Å²) in [5.41, 5.74) is -0.914. The maximum atomic E-state index is 12.8. The third-order valence-corrected chi connectivity index (χ3v) is 2.54. The molecule has 0 saturated heterocycles. The predicted molar refractivity (Wildman–Crippen MR) is 69.4 cm³/mol. The average Bonchev–Trinajstić information content (AvgIpc) is 2.35. The van der Waals surface area contributed by atoms with Gasteiger partial charge in [-0.2, -0.15) is 18.2 Å². The van der Waals surface area contributed by atoms with E-state index in [1.165, 1.54) is 0 Å². The second-order valence-electron chi connectivity index (χ2n) is 4.04. The maximum Gasteiger partial charge on any atom is 0.433 e. The van der Waals surface area contributed by atoms with E-state index in [0.717, 1.165) is 12.5 Å². The van der Waals surface area contributed by atoms with E-state index in [0.29, 0.717) is 25.5 Å². The van der Waals surface area contributed by atoms with E-state index in [-0.39, 0.29) is 5.95 Å². The molecule has 0 amide bonds. The van der Waals surface area contributed by atoms with Crippen molar-refractivity contribution in [3.8, 4) is 0 Å². The summed E-state index contributed by atoms with van der Waals surface area (Å²) in [6, 6.07) is 1.00. The Balaban J connectivity index is 3.18. The van der Waals surface area contributed by atoms with E-state index in [4.69, 9.17) is 0 Å². The van der Waals surface area contributed by atoms with Gasteiger partial charge in [0, 0.05) is 25.7 Å². The highest BCUT2D eigenvalue weighted by atomic mass is 19.4. The number of hydrogen-bond donors (Lipinski definition) is 1. The molecule has 1 N–H and O–H groups in total. The van der Waals surface area contributed by atoms with Crippen LogP contribution < -0.4 is 10.2 Å². The molecule has 0 unspecified atom stereocenters. The predicted octanol–water partition coefficient (Wildman–Crippen LogP) is 3.16. The topological polar surface area (TPSA) is 41.1 Å². The molecule has 1 aromatic rings. The maximum absolute atomic E-state index is 12.8. The first-order valence-corrected chi connectivity index (χ1v) is 6.37. The minimum atomic E-state index is -4.46. The summed E-state index contributed by atoms with van der Waals surface area (Å²) in [5, 5.41) is 2.73. The minimum Gasteiger partial charge on any atom is -0.357 e. The van der Waals surface area contributed by atoms with E-state index in [1.807, 2.05) is 13.8 Å². The van der Waals surface area contributed by atoms with Crippen molar-refractivity contribution in [2.24, 2.45) is 0 Å². The Morgan fingerprint density at radius 3 is 2.37 bits per heavy atom. The van der Waals surface area contributed by atoms with Crippen LogP contribution >= 0.6 is 0 Å². The Kier molecular flexibility index (Phi) is 5.38. The van der Waals surface area contributed by atoms with Gasteiger partial charge < -0.3 is 10.2 Å². The fourth-order valence-corrected chi connectivity index (χ4v) is 1.68. The van der Waals surface area contributed by atoms with Crippen molar-refractivity contribution in [2.75, 3.05) is 29.9 Å². The number of nitrogens with one attached hydrogen (secondary N) is 1. The lowest BCUT2D eigenvalue weighted by Gasteiger charge is -2.22. The highest BCUT2D eigenvalue weighted by Gasteiger charge is 2.34. The Hall–Kier alpha value is -1.53. The van der Waals surface area contributed by atoms with Crippen LogP contribution in [0.1, 0.15) is 32.9 Å². The summed E-state index contributed by atoms with van der Waals surface area (Å²) in [4.78, 5) is 9.43. The first-order valence-electron chi connectivity index (χ1n) is 6.37. The molecule has 4 nitrogen and oxygen atoms in total. The molecular weight excluding hydrogens is 257 g/mol. The molecule has 0 fully saturated rings. The highest BCUT2D eigenvalue weighted by Crippen LogP contribution is 2.30. The van der Waals surface area contributed by atoms with Crippen LogP contribution in [0, 0.1) is 0 Å². The van der Waals surface area contributed by atoms with Crippen molar-refractivity contribution in [2.45, 2.75) is 33.4 Å². The molecule has 0 aliphatic rings. The molecule has 0 aliphatic carbocycles. The van der Waals surface area contributed by atoms with Gasteiger partial charge in [-0.15, -0.1) is 0 Å². The van der Waals surface area contributed by atoms with Crippen molar-refractivity contribution >= 4 is 11.8 Å². The fourth-order valence-electron chi connectivity index (χ4n) is 1.68. The van der Waals surface area contributed by atoms with E-state index in [2.05, 4.69) is 15.3 Å². The quantitative estimate of drug-likeness (QED) is 0.866. The second kappa shape index (κ2) is 6.58. The number of alkyl halides is 3. The number of nitrogens with zero attached hydrogens (tertiary/aromatic N) is 3. The molecule has 0 atom stereocenters. The molecule has 1 aromatic heterocycles. The van der Waals surface area contributed by atoms with Crippen molar-refractivity contribution in [3.05, 3.63) is 11.8 Å². The lowest BCUT2D eigenvalue weighted by molar-refractivity contribution is -0.141. The van der Waals surface area contributed by atoms with Crippen LogP contribution in [0.25, 0.3) is 0 Å². The number of hydrogen-bond acceptors (Lipinski definition) is 4. The molecule has 0 aliphatic heterocycles. The SMILES string of the molecule is CCCN(CC)c1cc(C(F)(F)F)nc(NCC)n1. The van der Waals surface area contributed by atoms with Crippen LogP contribution in [0.5, 0.6) is 0 Å². The second-order valence-corrected chi connectivity index (χ2v) is 4.04. The number of rotatable bonds is 6. The number of aromatic nitrogens is 2. The smallest absolute Gasteiger partial charge is 0.357 e. The van der Waals surface area contributed by atoms with Gasteiger partial charge in [0.15, 0.2) is 5.69 Å². The zero-order valence-electron chi connectivity index (χ0n) is 11.4. The molecule has 108 valence electrons. The summed E-state index contributed by atoms with van der Waals surface area (Å²) in [6.45, 7) is 7.38. The summed E-state index contributed by atoms with van der Waals surface area (Å²) >= 11 is 0.